The molecule has 0 N–H and O–H groups in total. The normalized spacial score (nSPS) is 15.3. The number of nitrogens with zero attached hydrogens (tertiary/aromatic N) is 2. The van der Waals surface area contributed by atoms with Gasteiger partial charge in [0.05, 0.1) is 18.9 Å². The van der Waals surface area contributed by atoms with Gasteiger partial charge < -0.3 is 9.47 Å². The lowest BCUT2D eigenvalue weighted by Crippen LogP contribution is -2.15. The SMILES string of the molecule is COCc1nc(Cl)c2c(n1)CCOC2. The molecule has 1 aliphatic heterocycles. The van der Waals surface area contributed by atoms with Crippen LogP contribution in [0.5, 0.6) is 0 Å². The van der Waals surface area contributed by atoms with E-state index in [1.165, 1.54) is 0 Å². The van der Waals surface area contributed by atoms with Crippen molar-refractivity contribution in [2.24, 2.45) is 0 Å². The molecule has 0 aliphatic carbocycles. The standard InChI is InChI=1S/C9H11ClN2O2/c1-13-5-8-11-7-2-3-14-4-6(7)9(10)12-8/h2-5H2,1H3. The summed E-state index contributed by atoms with van der Waals surface area (Å²) in [6.45, 7) is 1.61. The molecule has 0 amide bonds. The molecule has 1 aromatic rings. The molecule has 0 bridgehead atoms. The van der Waals surface area contributed by atoms with E-state index in [1.54, 1.807) is 7.11 Å². The smallest absolute Gasteiger partial charge is 0.155 e. The van der Waals surface area contributed by atoms with Crippen LogP contribution in [0.4, 0.5) is 0 Å². The van der Waals surface area contributed by atoms with Crippen LogP contribution in [0.3, 0.4) is 0 Å². The second-order valence-corrected chi connectivity index (χ2v) is 3.45. The fourth-order valence-electron chi connectivity index (χ4n) is 1.43. The third-order valence-electron chi connectivity index (χ3n) is 2.09. The lowest BCUT2D eigenvalue weighted by Gasteiger charge is -2.16. The fourth-order valence-corrected chi connectivity index (χ4v) is 1.70. The summed E-state index contributed by atoms with van der Waals surface area (Å²) in [7, 11) is 1.61. The van der Waals surface area contributed by atoms with Crippen molar-refractivity contribution >= 4 is 11.6 Å². The van der Waals surface area contributed by atoms with Gasteiger partial charge in [0, 0.05) is 19.1 Å². The Morgan fingerprint density at radius 2 is 2.36 bits per heavy atom. The Hall–Kier alpha value is -0.710. The first-order valence-corrected chi connectivity index (χ1v) is 4.80. The van der Waals surface area contributed by atoms with Crippen LogP contribution in [0.15, 0.2) is 0 Å². The van der Waals surface area contributed by atoms with Gasteiger partial charge in [0.1, 0.15) is 11.8 Å². The van der Waals surface area contributed by atoms with Crippen molar-refractivity contribution in [1.82, 2.24) is 9.97 Å². The Morgan fingerprint density at radius 1 is 1.50 bits per heavy atom. The molecule has 2 heterocycles. The van der Waals surface area contributed by atoms with E-state index in [4.69, 9.17) is 21.1 Å². The summed E-state index contributed by atoms with van der Waals surface area (Å²) in [5, 5.41) is 0.488. The van der Waals surface area contributed by atoms with Crippen LogP contribution in [0.25, 0.3) is 0 Å². The lowest BCUT2D eigenvalue weighted by atomic mass is 10.1. The van der Waals surface area contributed by atoms with Gasteiger partial charge in [-0.1, -0.05) is 11.6 Å². The maximum absolute atomic E-state index is 6.00. The monoisotopic (exact) mass is 214 g/mol. The summed E-state index contributed by atoms with van der Waals surface area (Å²) in [5.41, 5.74) is 1.90. The minimum Gasteiger partial charge on any atom is -0.377 e. The van der Waals surface area contributed by atoms with Gasteiger partial charge >= 0.3 is 0 Å². The molecule has 0 fully saturated rings. The fraction of sp³-hybridized carbons (Fsp3) is 0.556. The van der Waals surface area contributed by atoms with E-state index in [2.05, 4.69) is 9.97 Å². The second-order valence-electron chi connectivity index (χ2n) is 3.09. The third kappa shape index (κ3) is 1.87. The third-order valence-corrected chi connectivity index (χ3v) is 2.40. The summed E-state index contributed by atoms with van der Waals surface area (Å²) in [6, 6.07) is 0. The number of methoxy groups -OCH3 is 1. The van der Waals surface area contributed by atoms with Crippen LogP contribution < -0.4 is 0 Å². The van der Waals surface area contributed by atoms with Crippen LogP contribution in [0, 0.1) is 0 Å². The molecule has 1 aromatic heterocycles. The molecule has 2 rings (SSSR count). The average molecular weight is 215 g/mol. The van der Waals surface area contributed by atoms with E-state index < -0.39 is 0 Å². The van der Waals surface area contributed by atoms with Gasteiger partial charge in [0.15, 0.2) is 5.82 Å². The molecular formula is C9H11ClN2O2. The Labute approximate surface area is 87.2 Å². The average Bonchev–Trinajstić information content (AvgIpc) is 2.18. The molecule has 4 nitrogen and oxygen atoms in total. The molecule has 0 atom stereocenters. The van der Waals surface area contributed by atoms with E-state index in [1.807, 2.05) is 0 Å². The van der Waals surface area contributed by atoms with E-state index >= 15 is 0 Å². The highest BCUT2D eigenvalue weighted by atomic mass is 35.5. The maximum atomic E-state index is 6.00. The largest absolute Gasteiger partial charge is 0.377 e. The molecule has 14 heavy (non-hydrogen) atoms. The predicted molar refractivity (Wildman–Crippen MR) is 51.1 cm³/mol. The summed E-state index contributed by atoms with van der Waals surface area (Å²) in [4.78, 5) is 8.49. The Balaban J connectivity index is 2.36. The van der Waals surface area contributed by atoms with Crippen molar-refractivity contribution in [3.05, 3.63) is 22.2 Å². The van der Waals surface area contributed by atoms with Crippen molar-refractivity contribution < 1.29 is 9.47 Å². The van der Waals surface area contributed by atoms with Gasteiger partial charge in [-0.05, 0) is 0 Å². The highest BCUT2D eigenvalue weighted by Crippen LogP contribution is 2.21. The number of hydrogen-bond acceptors (Lipinski definition) is 4. The minimum atomic E-state index is 0.397. The first-order valence-electron chi connectivity index (χ1n) is 4.42. The molecule has 0 saturated carbocycles. The van der Waals surface area contributed by atoms with Gasteiger partial charge in [-0.2, -0.15) is 0 Å². The Kier molecular flexibility index (Phi) is 2.96. The molecule has 0 spiro atoms. The number of rotatable bonds is 2. The van der Waals surface area contributed by atoms with Crippen molar-refractivity contribution in [3.8, 4) is 0 Å². The predicted octanol–water partition coefficient (Wildman–Crippen LogP) is 1.35. The molecule has 0 unspecified atom stereocenters. The van der Waals surface area contributed by atoms with Crippen molar-refractivity contribution in [2.45, 2.75) is 19.6 Å². The van der Waals surface area contributed by atoms with Crippen LogP contribution in [0.1, 0.15) is 17.1 Å². The maximum Gasteiger partial charge on any atom is 0.155 e. The first kappa shape index (κ1) is 9.83. The summed E-state index contributed by atoms with van der Waals surface area (Å²) in [5.74, 6) is 0.637. The number of fused-ring (bicyclic) bond motifs is 1. The van der Waals surface area contributed by atoms with Crippen molar-refractivity contribution in [1.29, 1.82) is 0 Å². The van der Waals surface area contributed by atoms with E-state index in [0.29, 0.717) is 30.8 Å². The second kappa shape index (κ2) is 4.21. The number of ether oxygens (including phenoxy) is 2. The van der Waals surface area contributed by atoms with E-state index in [9.17, 15) is 0 Å². The minimum absolute atomic E-state index is 0.397. The number of halogens is 1. The molecule has 1 aliphatic rings. The first-order chi connectivity index (χ1) is 6.81. The zero-order chi connectivity index (χ0) is 9.97. The highest BCUT2D eigenvalue weighted by molar-refractivity contribution is 6.30. The van der Waals surface area contributed by atoms with Crippen molar-refractivity contribution in [3.63, 3.8) is 0 Å². The Morgan fingerprint density at radius 3 is 3.14 bits per heavy atom. The topological polar surface area (TPSA) is 44.2 Å². The van der Waals surface area contributed by atoms with Crippen LogP contribution in [-0.2, 0) is 29.1 Å². The van der Waals surface area contributed by atoms with Crippen molar-refractivity contribution in [2.75, 3.05) is 13.7 Å². The quantitative estimate of drug-likeness (QED) is 0.698. The summed E-state index contributed by atoms with van der Waals surface area (Å²) in [6.07, 6.45) is 0.800. The number of hydrogen-bond donors (Lipinski definition) is 0. The highest BCUT2D eigenvalue weighted by Gasteiger charge is 2.16. The van der Waals surface area contributed by atoms with Gasteiger partial charge in [-0.25, -0.2) is 9.97 Å². The van der Waals surface area contributed by atoms with E-state index in [-0.39, 0.29) is 0 Å². The van der Waals surface area contributed by atoms with Gasteiger partial charge in [-0.3, -0.25) is 0 Å². The summed E-state index contributed by atoms with van der Waals surface area (Å²) < 4.78 is 10.2. The zero-order valence-corrected chi connectivity index (χ0v) is 8.67. The van der Waals surface area contributed by atoms with Gasteiger partial charge in [0.25, 0.3) is 0 Å². The van der Waals surface area contributed by atoms with Crippen LogP contribution in [0.2, 0.25) is 5.15 Å². The van der Waals surface area contributed by atoms with Gasteiger partial charge in [0.2, 0.25) is 0 Å². The Bertz CT molecular complexity index is 344. The molecule has 76 valence electrons. The number of aromatic nitrogens is 2. The summed E-state index contributed by atoms with van der Waals surface area (Å²) >= 11 is 6.00. The molecule has 0 aromatic carbocycles. The molecule has 5 heteroatoms. The zero-order valence-electron chi connectivity index (χ0n) is 7.92. The molecule has 0 radical (unpaired) electrons. The van der Waals surface area contributed by atoms with E-state index in [0.717, 1.165) is 17.7 Å². The van der Waals surface area contributed by atoms with Crippen LogP contribution in [-0.4, -0.2) is 23.7 Å². The molecule has 0 saturated heterocycles. The van der Waals surface area contributed by atoms with Gasteiger partial charge in [-0.15, -0.1) is 0 Å². The molecular weight excluding hydrogens is 204 g/mol. The lowest BCUT2D eigenvalue weighted by molar-refractivity contribution is 0.108. The van der Waals surface area contributed by atoms with Crippen LogP contribution >= 0.6 is 11.6 Å².